The van der Waals surface area contributed by atoms with E-state index in [9.17, 15) is 27.1 Å². The van der Waals surface area contributed by atoms with Gasteiger partial charge in [0.15, 0.2) is 11.6 Å². The van der Waals surface area contributed by atoms with Crippen LogP contribution in [-0.4, -0.2) is 10.1 Å². The van der Waals surface area contributed by atoms with Crippen molar-refractivity contribution >= 4 is 11.6 Å². The maximum atomic E-state index is 14.6. The molecule has 0 aliphatic heterocycles. The number of aromatic hydroxyl groups is 1. The summed E-state index contributed by atoms with van der Waals surface area (Å²) in [5, 5.41) is 13.3. The molecule has 9 heteroatoms. The van der Waals surface area contributed by atoms with Gasteiger partial charge in [-0.25, -0.2) is 8.78 Å². The van der Waals surface area contributed by atoms with E-state index >= 15 is 0 Å². The Morgan fingerprint density at radius 3 is 2.19 bits per heavy atom. The summed E-state index contributed by atoms with van der Waals surface area (Å²) in [5.41, 5.74) is -1.14. The van der Waals surface area contributed by atoms with Crippen LogP contribution < -0.4 is 5.32 Å². The van der Waals surface area contributed by atoms with Crippen LogP contribution in [0.4, 0.5) is 22.0 Å². The molecule has 0 bridgehead atoms. The Hall–Kier alpha value is -3.49. The SMILES string of the molecule is Oc1cc(CNC(Cc2ccccc2)(c2cc(F)cc(C(F)(F)F)c2)c2ccc(Cl)cn2)ccc1F. The van der Waals surface area contributed by atoms with Crippen molar-refractivity contribution in [3.05, 3.63) is 130 Å². The third-order valence-corrected chi connectivity index (χ3v) is 6.02. The van der Waals surface area contributed by atoms with E-state index in [1.165, 1.54) is 18.3 Å². The maximum absolute atomic E-state index is 14.6. The molecular formula is C27H20ClF5N2O. The summed E-state index contributed by atoms with van der Waals surface area (Å²) in [6.07, 6.45) is -3.34. The molecule has 1 unspecified atom stereocenters. The maximum Gasteiger partial charge on any atom is 0.416 e. The molecule has 4 rings (SSSR count). The number of pyridine rings is 1. The van der Waals surface area contributed by atoms with Gasteiger partial charge in [-0.3, -0.25) is 10.3 Å². The summed E-state index contributed by atoms with van der Waals surface area (Å²) < 4.78 is 69.2. The van der Waals surface area contributed by atoms with Crippen LogP contribution >= 0.6 is 11.6 Å². The fourth-order valence-corrected chi connectivity index (χ4v) is 4.16. The molecule has 186 valence electrons. The summed E-state index contributed by atoms with van der Waals surface area (Å²) in [6.45, 7) is -0.0111. The minimum Gasteiger partial charge on any atom is -0.505 e. The summed E-state index contributed by atoms with van der Waals surface area (Å²) in [7, 11) is 0. The average molecular weight is 519 g/mol. The van der Waals surface area contributed by atoms with Crippen molar-refractivity contribution in [2.24, 2.45) is 0 Å². The second-order valence-electron chi connectivity index (χ2n) is 8.30. The highest BCUT2D eigenvalue weighted by atomic mass is 35.5. The van der Waals surface area contributed by atoms with Gasteiger partial charge in [0.05, 0.1) is 21.8 Å². The molecule has 0 aliphatic rings. The molecule has 0 amide bonds. The number of aromatic nitrogens is 1. The van der Waals surface area contributed by atoms with Crippen LogP contribution in [0.1, 0.15) is 27.9 Å². The molecule has 0 saturated heterocycles. The topological polar surface area (TPSA) is 45.1 Å². The highest BCUT2D eigenvalue weighted by Gasteiger charge is 2.39. The van der Waals surface area contributed by atoms with E-state index in [0.29, 0.717) is 22.3 Å². The van der Waals surface area contributed by atoms with Gasteiger partial charge in [-0.05, 0) is 59.2 Å². The number of phenols is 1. The van der Waals surface area contributed by atoms with Crippen molar-refractivity contribution in [3.8, 4) is 5.75 Å². The Bertz CT molecular complexity index is 1350. The van der Waals surface area contributed by atoms with E-state index < -0.39 is 34.7 Å². The van der Waals surface area contributed by atoms with Crippen LogP contribution in [0.3, 0.4) is 0 Å². The average Bonchev–Trinajstić information content (AvgIpc) is 2.84. The van der Waals surface area contributed by atoms with E-state index in [1.807, 2.05) is 0 Å². The normalized spacial score (nSPS) is 13.4. The number of hydrogen-bond acceptors (Lipinski definition) is 3. The molecule has 1 heterocycles. The summed E-state index contributed by atoms with van der Waals surface area (Å²) >= 11 is 6.03. The summed E-state index contributed by atoms with van der Waals surface area (Å²) in [5.74, 6) is -2.45. The van der Waals surface area contributed by atoms with Crippen LogP contribution in [0, 0.1) is 11.6 Å². The number of rotatable bonds is 7. The minimum atomic E-state index is -4.79. The molecule has 3 aromatic carbocycles. The van der Waals surface area contributed by atoms with Crippen molar-refractivity contribution in [2.45, 2.75) is 24.7 Å². The van der Waals surface area contributed by atoms with Crippen LogP contribution in [0.5, 0.6) is 5.75 Å². The van der Waals surface area contributed by atoms with Crippen LogP contribution in [0.15, 0.2) is 85.1 Å². The lowest BCUT2D eigenvalue weighted by Gasteiger charge is -2.36. The Labute approximate surface area is 209 Å². The van der Waals surface area contributed by atoms with Crippen molar-refractivity contribution in [1.82, 2.24) is 10.3 Å². The van der Waals surface area contributed by atoms with Crippen molar-refractivity contribution in [3.63, 3.8) is 0 Å². The van der Waals surface area contributed by atoms with Crippen molar-refractivity contribution < 1.29 is 27.1 Å². The molecule has 2 N–H and O–H groups in total. The van der Waals surface area contributed by atoms with Gasteiger partial charge in [0, 0.05) is 19.2 Å². The first kappa shape index (κ1) is 25.6. The van der Waals surface area contributed by atoms with E-state index in [4.69, 9.17) is 11.6 Å². The number of hydrogen-bond donors (Lipinski definition) is 2. The predicted octanol–water partition coefficient (Wildman–Crippen LogP) is 7.01. The van der Waals surface area contributed by atoms with Gasteiger partial charge in [-0.2, -0.15) is 13.2 Å². The first-order valence-corrected chi connectivity index (χ1v) is 11.2. The van der Waals surface area contributed by atoms with Gasteiger partial charge in [0.25, 0.3) is 0 Å². The van der Waals surface area contributed by atoms with Gasteiger partial charge in [0.2, 0.25) is 0 Å². The third kappa shape index (κ3) is 5.66. The summed E-state index contributed by atoms with van der Waals surface area (Å²) in [4.78, 5) is 4.38. The van der Waals surface area contributed by atoms with Gasteiger partial charge in [0.1, 0.15) is 5.82 Å². The molecule has 0 fully saturated rings. The Balaban J connectivity index is 1.92. The number of alkyl halides is 3. The minimum absolute atomic E-state index is 0.0111. The molecular weight excluding hydrogens is 499 g/mol. The number of nitrogens with zero attached hydrogens (tertiary/aromatic N) is 1. The molecule has 3 nitrogen and oxygen atoms in total. The van der Waals surface area contributed by atoms with Gasteiger partial charge in [-0.1, -0.05) is 48.0 Å². The first-order chi connectivity index (χ1) is 17.1. The lowest BCUT2D eigenvalue weighted by atomic mass is 9.79. The van der Waals surface area contributed by atoms with Gasteiger partial charge >= 0.3 is 6.18 Å². The molecule has 0 spiro atoms. The third-order valence-electron chi connectivity index (χ3n) is 5.80. The Morgan fingerprint density at radius 2 is 1.56 bits per heavy atom. The fourth-order valence-electron chi connectivity index (χ4n) is 4.05. The molecule has 4 aromatic rings. The van der Waals surface area contributed by atoms with Gasteiger partial charge in [-0.15, -0.1) is 0 Å². The first-order valence-electron chi connectivity index (χ1n) is 10.8. The zero-order valence-electron chi connectivity index (χ0n) is 18.7. The van der Waals surface area contributed by atoms with Crippen LogP contribution in [0.25, 0.3) is 0 Å². The molecule has 0 aliphatic carbocycles. The lowest BCUT2D eigenvalue weighted by molar-refractivity contribution is -0.137. The van der Waals surface area contributed by atoms with E-state index in [-0.39, 0.29) is 18.5 Å². The predicted molar refractivity (Wildman–Crippen MR) is 126 cm³/mol. The zero-order valence-corrected chi connectivity index (χ0v) is 19.4. The van der Waals surface area contributed by atoms with Crippen LogP contribution in [0.2, 0.25) is 5.02 Å². The standard InChI is InChI=1S/C27H20ClF5N2O/c28-21-7-9-25(34-16-21)26(14-17-4-2-1-3-5-17,35-15-18-6-8-23(30)24(36)10-18)19-11-20(27(31,32)33)13-22(29)12-19/h1-13,16,35-36H,14-15H2. The number of benzene rings is 3. The highest BCUT2D eigenvalue weighted by Crippen LogP contribution is 2.38. The van der Waals surface area contributed by atoms with Gasteiger partial charge < -0.3 is 5.11 Å². The fraction of sp³-hybridized carbons (Fsp3) is 0.148. The Morgan fingerprint density at radius 1 is 0.833 bits per heavy atom. The second kappa shape index (κ2) is 10.2. The number of phenolic OH excluding ortho intramolecular Hbond substituents is 1. The van der Waals surface area contributed by atoms with E-state index in [2.05, 4.69) is 10.3 Å². The molecule has 0 saturated carbocycles. The second-order valence-corrected chi connectivity index (χ2v) is 8.73. The lowest BCUT2D eigenvalue weighted by Crippen LogP contribution is -2.46. The van der Waals surface area contributed by atoms with Crippen molar-refractivity contribution in [1.29, 1.82) is 0 Å². The quantitative estimate of drug-likeness (QED) is 0.259. The number of halogens is 6. The largest absolute Gasteiger partial charge is 0.505 e. The molecule has 1 aromatic heterocycles. The van der Waals surface area contributed by atoms with E-state index in [1.54, 1.807) is 42.5 Å². The molecule has 0 radical (unpaired) electrons. The van der Waals surface area contributed by atoms with E-state index in [0.717, 1.165) is 23.8 Å². The smallest absolute Gasteiger partial charge is 0.416 e. The Kier molecular flexibility index (Phi) is 7.28. The van der Waals surface area contributed by atoms with Crippen molar-refractivity contribution in [2.75, 3.05) is 0 Å². The molecule has 36 heavy (non-hydrogen) atoms. The summed E-state index contributed by atoms with van der Waals surface area (Å²) in [6, 6.07) is 18.1. The monoisotopic (exact) mass is 518 g/mol. The zero-order chi connectivity index (χ0) is 25.9. The number of nitrogens with one attached hydrogen (secondary N) is 1. The highest BCUT2D eigenvalue weighted by molar-refractivity contribution is 6.30. The van der Waals surface area contributed by atoms with Crippen LogP contribution in [-0.2, 0) is 24.7 Å². The molecule has 1 atom stereocenters.